The highest BCUT2D eigenvalue weighted by Gasteiger charge is 2.08. The summed E-state index contributed by atoms with van der Waals surface area (Å²) < 4.78 is 0. The Labute approximate surface area is 100 Å². The van der Waals surface area contributed by atoms with Gasteiger partial charge in [0, 0.05) is 17.5 Å². The summed E-state index contributed by atoms with van der Waals surface area (Å²) in [7, 11) is 0. The van der Waals surface area contributed by atoms with E-state index in [0.717, 1.165) is 11.3 Å². The van der Waals surface area contributed by atoms with Crippen molar-refractivity contribution in [3.63, 3.8) is 0 Å². The molecule has 0 amide bonds. The third kappa shape index (κ3) is 2.15. The lowest BCUT2D eigenvalue weighted by molar-refractivity contribution is 0.840. The molecule has 1 aromatic heterocycles. The summed E-state index contributed by atoms with van der Waals surface area (Å²) in [4.78, 5) is 4.31. The second-order valence-corrected chi connectivity index (χ2v) is 4.86. The van der Waals surface area contributed by atoms with Gasteiger partial charge in [0.25, 0.3) is 0 Å². The Morgan fingerprint density at radius 2 is 2.19 bits per heavy atom. The van der Waals surface area contributed by atoms with Crippen molar-refractivity contribution in [2.45, 2.75) is 26.3 Å². The molecule has 0 spiro atoms. The number of hydrogen-bond donors (Lipinski definition) is 1. The molecule has 0 unspecified atom stereocenters. The molecular formula is C13H16N2S. The van der Waals surface area contributed by atoms with Crippen LogP contribution in [0.25, 0.3) is 11.3 Å². The highest BCUT2D eigenvalue weighted by molar-refractivity contribution is 7.07. The van der Waals surface area contributed by atoms with Gasteiger partial charge in [-0.15, -0.1) is 11.3 Å². The molecule has 0 aliphatic heterocycles. The molecule has 2 rings (SSSR count). The maximum Gasteiger partial charge on any atom is 0.0811 e. The van der Waals surface area contributed by atoms with Crippen LogP contribution in [0.15, 0.2) is 29.1 Å². The van der Waals surface area contributed by atoms with Crippen LogP contribution in [0.3, 0.4) is 0 Å². The second-order valence-electron chi connectivity index (χ2n) is 4.15. The van der Waals surface area contributed by atoms with Crippen LogP contribution in [0, 0.1) is 0 Å². The van der Waals surface area contributed by atoms with Gasteiger partial charge in [-0.3, -0.25) is 0 Å². The van der Waals surface area contributed by atoms with Crippen molar-refractivity contribution in [2.75, 3.05) is 0 Å². The van der Waals surface area contributed by atoms with Crippen molar-refractivity contribution in [1.82, 2.24) is 4.98 Å². The minimum Gasteiger partial charge on any atom is -0.326 e. The molecule has 0 aliphatic rings. The van der Waals surface area contributed by atoms with E-state index in [1.807, 2.05) is 5.51 Å². The molecule has 16 heavy (non-hydrogen) atoms. The van der Waals surface area contributed by atoms with E-state index in [-0.39, 0.29) is 0 Å². The molecule has 3 heteroatoms. The molecular weight excluding hydrogens is 216 g/mol. The number of rotatable bonds is 3. The van der Waals surface area contributed by atoms with Crippen LogP contribution in [0.5, 0.6) is 0 Å². The van der Waals surface area contributed by atoms with Crippen molar-refractivity contribution < 1.29 is 0 Å². The molecule has 0 fully saturated rings. The van der Waals surface area contributed by atoms with Crippen LogP contribution in [-0.2, 0) is 6.54 Å². The molecule has 0 atom stereocenters. The van der Waals surface area contributed by atoms with E-state index >= 15 is 0 Å². The van der Waals surface area contributed by atoms with Gasteiger partial charge in [-0.25, -0.2) is 4.98 Å². The maximum absolute atomic E-state index is 5.79. The van der Waals surface area contributed by atoms with Crippen molar-refractivity contribution in [3.05, 3.63) is 40.2 Å². The monoisotopic (exact) mass is 232 g/mol. The predicted octanol–water partition coefficient (Wildman–Crippen LogP) is 3.39. The first-order valence-corrected chi connectivity index (χ1v) is 6.38. The zero-order valence-corrected chi connectivity index (χ0v) is 10.4. The fourth-order valence-corrected chi connectivity index (χ4v) is 2.42. The second kappa shape index (κ2) is 4.76. The van der Waals surface area contributed by atoms with Gasteiger partial charge in [-0.2, -0.15) is 0 Å². The average molecular weight is 232 g/mol. The fourth-order valence-electron chi connectivity index (χ4n) is 1.86. The summed E-state index contributed by atoms with van der Waals surface area (Å²) in [6, 6.07) is 6.45. The van der Waals surface area contributed by atoms with Gasteiger partial charge in [0.15, 0.2) is 0 Å². The summed E-state index contributed by atoms with van der Waals surface area (Å²) in [5.41, 5.74) is 12.4. The topological polar surface area (TPSA) is 38.9 Å². The number of nitrogens with two attached hydrogens (primary N) is 1. The zero-order chi connectivity index (χ0) is 11.5. The van der Waals surface area contributed by atoms with E-state index in [9.17, 15) is 0 Å². The number of aromatic nitrogens is 1. The quantitative estimate of drug-likeness (QED) is 0.881. The first kappa shape index (κ1) is 11.3. The maximum atomic E-state index is 5.79. The molecule has 0 saturated carbocycles. The number of benzene rings is 1. The normalized spacial score (nSPS) is 11.0. The zero-order valence-electron chi connectivity index (χ0n) is 9.60. The third-order valence-corrected chi connectivity index (χ3v) is 3.30. The van der Waals surface area contributed by atoms with Crippen LogP contribution >= 0.6 is 11.3 Å². The van der Waals surface area contributed by atoms with E-state index in [2.05, 4.69) is 42.4 Å². The van der Waals surface area contributed by atoms with Gasteiger partial charge in [0.2, 0.25) is 0 Å². The third-order valence-electron chi connectivity index (χ3n) is 2.71. The molecule has 84 valence electrons. The van der Waals surface area contributed by atoms with E-state index in [1.165, 1.54) is 11.1 Å². The summed E-state index contributed by atoms with van der Waals surface area (Å²) in [6.07, 6.45) is 0. The Kier molecular flexibility index (Phi) is 3.36. The molecule has 0 aliphatic carbocycles. The van der Waals surface area contributed by atoms with Crippen LogP contribution in [-0.4, -0.2) is 4.98 Å². The smallest absolute Gasteiger partial charge is 0.0811 e. The molecule has 2 aromatic rings. The van der Waals surface area contributed by atoms with Crippen LogP contribution < -0.4 is 5.73 Å². The standard InChI is InChI=1S/C13H16N2S/c1-9(2)12-4-3-10(5-11(12)6-14)13-7-16-8-15-13/h3-5,7-9H,6,14H2,1-2H3. The summed E-state index contributed by atoms with van der Waals surface area (Å²) in [5, 5.41) is 2.06. The SMILES string of the molecule is CC(C)c1ccc(-c2cscn2)cc1CN. The molecule has 0 radical (unpaired) electrons. The van der Waals surface area contributed by atoms with Gasteiger partial charge in [-0.1, -0.05) is 26.0 Å². The van der Waals surface area contributed by atoms with Gasteiger partial charge in [0.05, 0.1) is 11.2 Å². The minimum absolute atomic E-state index is 0.517. The molecule has 0 saturated heterocycles. The van der Waals surface area contributed by atoms with E-state index in [0.29, 0.717) is 12.5 Å². The van der Waals surface area contributed by atoms with Crippen LogP contribution in [0.1, 0.15) is 30.9 Å². The first-order valence-electron chi connectivity index (χ1n) is 5.44. The first-order chi connectivity index (χ1) is 7.72. The Bertz CT molecular complexity index is 461. The molecule has 1 aromatic carbocycles. The highest BCUT2D eigenvalue weighted by atomic mass is 32.1. The Balaban J connectivity index is 2.45. The Hall–Kier alpha value is -1.19. The lowest BCUT2D eigenvalue weighted by atomic mass is 9.95. The summed E-state index contributed by atoms with van der Waals surface area (Å²) in [6.45, 7) is 4.97. The molecule has 2 nitrogen and oxygen atoms in total. The lowest BCUT2D eigenvalue weighted by Crippen LogP contribution is -2.03. The van der Waals surface area contributed by atoms with Gasteiger partial charge in [0.1, 0.15) is 0 Å². The van der Waals surface area contributed by atoms with Crippen molar-refractivity contribution in [3.8, 4) is 11.3 Å². The number of thiazole rings is 1. The average Bonchev–Trinajstić information content (AvgIpc) is 2.81. The van der Waals surface area contributed by atoms with E-state index < -0.39 is 0 Å². The number of nitrogens with zero attached hydrogens (tertiary/aromatic N) is 1. The molecule has 0 bridgehead atoms. The van der Waals surface area contributed by atoms with Gasteiger partial charge in [-0.05, 0) is 23.1 Å². The van der Waals surface area contributed by atoms with Gasteiger partial charge >= 0.3 is 0 Å². The predicted molar refractivity (Wildman–Crippen MR) is 69.5 cm³/mol. The highest BCUT2D eigenvalue weighted by Crippen LogP contribution is 2.26. The summed E-state index contributed by atoms with van der Waals surface area (Å²) >= 11 is 1.62. The van der Waals surface area contributed by atoms with Crippen LogP contribution in [0.2, 0.25) is 0 Å². The van der Waals surface area contributed by atoms with Crippen LogP contribution in [0.4, 0.5) is 0 Å². The summed E-state index contributed by atoms with van der Waals surface area (Å²) in [5.74, 6) is 0.517. The minimum atomic E-state index is 0.517. The molecule has 1 heterocycles. The van der Waals surface area contributed by atoms with E-state index in [1.54, 1.807) is 11.3 Å². The fraction of sp³-hybridized carbons (Fsp3) is 0.308. The Morgan fingerprint density at radius 1 is 1.38 bits per heavy atom. The van der Waals surface area contributed by atoms with E-state index in [4.69, 9.17) is 5.73 Å². The van der Waals surface area contributed by atoms with Crippen molar-refractivity contribution in [1.29, 1.82) is 0 Å². The molecule has 2 N–H and O–H groups in total. The van der Waals surface area contributed by atoms with Gasteiger partial charge < -0.3 is 5.73 Å². The Morgan fingerprint density at radius 3 is 2.75 bits per heavy atom. The van der Waals surface area contributed by atoms with Crippen molar-refractivity contribution in [2.24, 2.45) is 5.73 Å². The largest absolute Gasteiger partial charge is 0.326 e. The van der Waals surface area contributed by atoms with Crippen molar-refractivity contribution >= 4 is 11.3 Å². The lowest BCUT2D eigenvalue weighted by Gasteiger charge is -2.12. The number of hydrogen-bond acceptors (Lipinski definition) is 3.